The van der Waals surface area contributed by atoms with Crippen molar-refractivity contribution in [1.29, 1.82) is 0 Å². The molecule has 1 saturated carbocycles. The maximum atomic E-state index is 12.7. The summed E-state index contributed by atoms with van der Waals surface area (Å²) in [5.41, 5.74) is 7.07. The topological polar surface area (TPSA) is 32.3 Å². The van der Waals surface area contributed by atoms with E-state index in [9.17, 15) is 4.79 Å². The lowest BCUT2D eigenvalue weighted by atomic mass is 9.84. The van der Waals surface area contributed by atoms with Crippen molar-refractivity contribution >= 4 is 17.7 Å². The molecule has 1 N–H and O–H groups in total. The molecule has 2 aromatic carbocycles. The Morgan fingerprint density at radius 1 is 1.00 bits per heavy atom. The lowest BCUT2D eigenvalue weighted by molar-refractivity contribution is 0.102. The third-order valence-corrected chi connectivity index (χ3v) is 6.24. The molecule has 2 aromatic rings. The van der Waals surface area contributed by atoms with Gasteiger partial charge in [0.05, 0.1) is 0 Å². The summed E-state index contributed by atoms with van der Waals surface area (Å²) in [5.74, 6) is 0.645. The highest BCUT2D eigenvalue weighted by molar-refractivity contribution is 6.04. The molecule has 1 fully saturated rings. The molecule has 0 saturated heterocycles. The second-order valence-corrected chi connectivity index (χ2v) is 8.87. The summed E-state index contributed by atoms with van der Waals surface area (Å²) < 4.78 is 0. The molecule has 3 heteroatoms. The van der Waals surface area contributed by atoms with Gasteiger partial charge in [-0.25, -0.2) is 0 Å². The van der Waals surface area contributed by atoms with E-state index in [1.54, 1.807) is 0 Å². The van der Waals surface area contributed by atoms with E-state index in [0.29, 0.717) is 5.92 Å². The summed E-state index contributed by atoms with van der Waals surface area (Å²) >= 11 is 0. The van der Waals surface area contributed by atoms with Crippen molar-refractivity contribution in [2.24, 2.45) is 0 Å². The monoisotopic (exact) mass is 388 g/mol. The zero-order valence-corrected chi connectivity index (χ0v) is 17.7. The predicted molar refractivity (Wildman–Crippen MR) is 122 cm³/mol. The van der Waals surface area contributed by atoms with E-state index in [1.807, 2.05) is 18.2 Å². The maximum absolute atomic E-state index is 12.7. The first-order chi connectivity index (χ1) is 14.1. The van der Waals surface area contributed by atoms with E-state index in [-0.39, 0.29) is 5.91 Å². The Labute approximate surface area is 174 Å². The van der Waals surface area contributed by atoms with Gasteiger partial charge in [0.1, 0.15) is 0 Å². The molecule has 0 bridgehead atoms. The number of rotatable bonds is 5. The lowest BCUT2D eigenvalue weighted by Gasteiger charge is -2.22. The van der Waals surface area contributed by atoms with Crippen molar-refractivity contribution in [3.8, 4) is 0 Å². The second-order valence-electron chi connectivity index (χ2n) is 8.87. The van der Waals surface area contributed by atoms with Gasteiger partial charge in [0.25, 0.3) is 5.91 Å². The van der Waals surface area contributed by atoms with Crippen LogP contribution in [0.15, 0.2) is 48.0 Å². The molecule has 0 unspecified atom stereocenters. The quantitative estimate of drug-likeness (QED) is 0.694. The van der Waals surface area contributed by atoms with Crippen molar-refractivity contribution in [3.05, 3.63) is 70.3 Å². The van der Waals surface area contributed by atoms with Crippen LogP contribution in [0.4, 0.5) is 5.69 Å². The van der Waals surface area contributed by atoms with Crippen molar-refractivity contribution in [3.63, 3.8) is 0 Å². The number of carbonyl (C=O) groups is 1. The summed E-state index contributed by atoms with van der Waals surface area (Å²) in [5, 5.41) is 3.08. The number of likely N-dealkylation sites (N-methyl/N-ethyl adjacent to an activating group) is 1. The van der Waals surface area contributed by atoms with E-state index >= 15 is 0 Å². The van der Waals surface area contributed by atoms with Gasteiger partial charge < -0.3 is 10.2 Å². The Morgan fingerprint density at radius 2 is 1.76 bits per heavy atom. The van der Waals surface area contributed by atoms with Crippen LogP contribution in [-0.2, 0) is 6.42 Å². The number of aryl methyl sites for hydroxylation is 1. The molecule has 0 spiro atoms. The zero-order valence-electron chi connectivity index (χ0n) is 17.7. The Hall–Kier alpha value is -2.39. The minimum atomic E-state index is -0.0280. The van der Waals surface area contributed by atoms with E-state index < -0.39 is 0 Å². The van der Waals surface area contributed by atoms with Gasteiger partial charge in [0.2, 0.25) is 0 Å². The lowest BCUT2D eigenvalue weighted by Crippen LogP contribution is -2.17. The molecule has 2 aliphatic carbocycles. The molecule has 2 aliphatic rings. The molecule has 3 nitrogen and oxygen atoms in total. The molecule has 0 radical (unpaired) electrons. The van der Waals surface area contributed by atoms with Gasteiger partial charge in [-0.2, -0.15) is 0 Å². The summed E-state index contributed by atoms with van der Waals surface area (Å²) in [6.07, 6.45) is 11.0. The summed E-state index contributed by atoms with van der Waals surface area (Å²) in [6.45, 7) is 1.01. The van der Waals surface area contributed by atoms with E-state index in [4.69, 9.17) is 0 Å². The highest BCUT2D eigenvalue weighted by atomic mass is 16.1. The summed E-state index contributed by atoms with van der Waals surface area (Å²) in [6, 6.07) is 14.5. The highest BCUT2D eigenvalue weighted by Gasteiger charge is 2.16. The molecule has 0 atom stereocenters. The van der Waals surface area contributed by atoms with Gasteiger partial charge >= 0.3 is 0 Å². The van der Waals surface area contributed by atoms with Crippen LogP contribution < -0.4 is 5.32 Å². The second kappa shape index (κ2) is 8.96. The molecule has 0 heterocycles. The van der Waals surface area contributed by atoms with Gasteiger partial charge in [0.15, 0.2) is 0 Å². The standard InChI is InChI=1S/C26H32N2O/c1-28(2)18-19-8-9-24-17-25(15-14-23(24)16-19)27-26(29)22-12-10-21(11-13-22)20-6-4-3-5-7-20/h10-17,20H,3-9,18H2,1-2H3,(H,27,29). The molecule has 0 aromatic heterocycles. The zero-order chi connectivity index (χ0) is 20.2. The number of fused-ring (bicyclic) bond motifs is 1. The van der Waals surface area contributed by atoms with E-state index in [2.05, 4.69) is 54.7 Å². The first kappa shape index (κ1) is 19.9. The fourth-order valence-electron chi connectivity index (χ4n) is 4.70. The van der Waals surface area contributed by atoms with Gasteiger partial charge in [-0.3, -0.25) is 4.79 Å². The number of amides is 1. The molecular formula is C26H32N2O. The normalized spacial score (nSPS) is 17.0. The number of nitrogens with one attached hydrogen (secondary N) is 1. The molecule has 1 amide bonds. The molecule has 152 valence electrons. The van der Waals surface area contributed by atoms with Crippen LogP contribution in [-0.4, -0.2) is 31.4 Å². The SMILES string of the molecule is CN(C)CC1=Cc2ccc(NC(=O)c3ccc(C4CCCCC4)cc3)cc2CC1. The van der Waals surface area contributed by atoms with Crippen molar-refractivity contribution in [2.75, 3.05) is 26.0 Å². The number of hydrogen-bond acceptors (Lipinski definition) is 2. The fraction of sp³-hybridized carbons (Fsp3) is 0.423. The number of nitrogens with zero attached hydrogens (tertiary/aromatic N) is 1. The third-order valence-electron chi connectivity index (χ3n) is 6.24. The highest BCUT2D eigenvalue weighted by Crippen LogP contribution is 2.32. The van der Waals surface area contributed by atoms with Gasteiger partial charge in [-0.05, 0) is 86.7 Å². The predicted octanol–water partition coefficient (Wildman–Crippen LogP) is 5.88. The van der Waals surface area contributed by atoms with Gasteiger partial charge in [-0.1, -0.05) is 49.1 Å². The first-order valence-electron chi connectivity index (χ1n) is 11.0. The number of benzene rings is 2. The Morgan fingerprint density at radius 3 is 2.48 bits per heavy atom. The van der Waals surface area contributed by atoms with Crippen molar-refractivity contribution in [1.82, 2.24) is 4.90 Å². The number of anilines is 1. The van der Waals surface area contributed by atoms with Crippen molar-refractivity contribution < 1.29 is 4.79 Å². The number of hydrogen-bond donors (Lipinski definition) is 1. The average Bonchev–Trinajstić information content (AvgIpc) is 2.74. The minimum absolute atomic E-state index is 0.0280. The Balaban J connectivity index is 1.42. The van der Waals surface area contributed by atoms with Crippen LogP contribution in [0, 0.1) is 0 Å². The largest absolute Gasteiger partial charge is 0.322 e. The van der Waals surface area contributed by atoms with Crippen LogP contribution in [0.1, 0.15) is 71.5 Å². The van der Waals surface area contributed by atoms with Gasteiger partial charge in [0, 0.05) is 17.8 Å². The van der Waals surface area contributed by atoms with Crippen LogP contribution in [0.5, 0.6) is 0 Å². The number of carbonyl (C=O) groups excluding carboxylic acids is 1. The fourth-order valence-corrected chi connectivity index (χ4v) is 4.70. The molecule has 0 aliphatic heterocycles. The van der Waals surface area contributed by atoms with Gasteiger partial charge in [-0.15, -0.1) is 0 Å². The Bertz CT molecular complexity index is 889. The first-order valence-corrected chi connectivity index (χ1v) is 11.0. The summed E-state index contributed by atoms with van der Waals surface area (Å²) in [4.78, 5) is 14.9. The van der Waals surface area contributed by atoms with E-state index in [0.717, 1.165) is 30.6 Å². The summed E-state index contributed by atoms with van der Waals surface area (Å²) in [7, 11) is 4.22. The van der Waals surface area contributed by atoms with Crippen LogP contribution >= 0.6 is 0 Å². The average molecular weight is 389 g/mol. The minimum Gasteiger partial charge on any atom is -0.322 e. The Kier molecular flexibility index (Phi) is 6.15. The van der Waals surface area contributed by atoms with Crippen molar-refractivity contribution in [2.45, 2.75) is 50.9 Å². The smallest absolute Gasteiger partial charge is 0.255 e. The maximum Gasteiger partial charge on any atom is 0.255 e. The van der Waals surface area contributed by atoms with Crippen LogP contribution in [0.2, 0.25) is 0 Å². The van der Waals surface area contributed by atoms with Crippen LogP contribution in [0.25, 0.3) is 6.08 Å². The third kappa shape index (κ3) is 4.97. The molecule has 29 heavy (non-hydrogen) atoms. The molecular weight excluding hydrogens is 356 g/mol. The van der Waals surface area contributed by atoms with Crippen LogP contribution in [0.3, 0.4) is 0 Å². The molecule has 4 rings (SSSR count). The van der Waals surface area contributed by atoms with E-state index in [1.165, 1.54) is 54.4 Å².